The Labute approximate surface area is 189 Å². The van der Waals surface area contributed by atoms with E-state index in [0.717, 1.165) is 59.6 Å². The normalized spacial score (nSPS) is 10.9. The first-order valence-corrected chi connectivity index (χ1v) is 11.0. The van der Waals surface area contributed by atoms with Crippen molar-refractivity contribution in [1.29, 1.82) is 0 Å². The molecule has 0 unspecified atom stereocenters. The average molecular weight is 423 g/mol. The molecule has 0 aliphatic carbocycles. The van der Waals surface area contributed by atoms with Gasteiger partial charge in [-0.1, -0.05) is 36.4 Å². The summed E-state index contributed by atoms with van der Waals surface area (Å²) in [4.78, 5) is 0. The van der Waals surface area contributed by atoms with E-state index in [4.69, 9.17) is 22.9 Å². The summed E-state index contributed by atoms with van der Waals surface area (Å²) < 4.78 is 0. The van der Waals surface area contributed by atoms with Crippen LogP contribution in [0.25, 0.3) is 22.3 Å². The second kappa shape index (κ2) is 9.48. The van der Waals surface area contributed by atoms with E-state index in [1.807, 2.05) is 36.4 Å². The van der Waals surface area contributed by atoms with Crippen molar-refractivity contribution in [2.45, 2.75) is 25.7 Å². The highest BCUT2D eigenvalue weighted by Crippen LogP contribution is 2.30. The molecule has 0 aliphatic rings. The van der Waals surface area contributed by atoms with E-state index < -0.39 is 0 Å². The van der Waals surface area contributed by atoms with Crippen molar-refractivity contribution in [2.75, 3.05) is 22.9 Å². The molecule has 0 amide bonds. The fourth-order valence-corrected chi connectivity index (χ4v) is 4.16. The fourth-order valence-electron chi connectivity index (χ4n) is 4.16. The van der Waals surface area contributed by atoms with Crippen molar-refractivity contribution in [1.82, 2.24) is 0 Å². The first-order valence-electron chi connectivity index (χ1n) is 11.0. The summed E-state index contributed by atoms with van der Waals surface area (Å²) in [7, 11) is 0. The molecule has 162 valence electrons. The summed E-state index contributed by atoms with van der Waals surface area (Å²) in [5, 5.41) is 0. The molecule has 4 aromatic rings. The summed E-state index contributed by atoms with van der Waals surface area (Å²) >= 11 is 0. The second-order valence-corrected chi connectivity index (χ2v) is 8.28. The molecule has 0 heterocycles. The van der Waals surface area contributed by atoms with Crippen LogP contribution in [0, 0.1) is 0 Å². The van der Waals surface area contributed by atoms with Gasteiger partial charge in [0.05, 0.1) is 0 Å². The van der Waals surface area contributed by atoms with Gasteiger partial charge in [-0.2, -0.15) is 0 Å². The zero-order valence-electron chi connectivity index (χ0n) is 18.2. The van der Waals surface area contributed by atoms with Crippen molar-refractivity contribution < 1.29 is 0 Å². The van der Waals surface area contributed by atoms with Crippen LogP contribution in [0.15, 0.2) is 84.9 Å². The number of rotatable bonds is 7. The summed E-state index contributed by atoms with van der Waals surface area (Å²) in [5.41, 5.74) is 34.3. The Hall–Kier alpha value is -3.92. The van der Waals surface area contributed by atoms with Crippen LogP contribution in [-0.2, 0) is 12.8 Å². The smallest absolute Gasteiger partial charge is 0.0317 e. The van der Waals surface area contributed by atoms with E-state index in [1.165, 1.54) is 22.3 Å². The lowest BCUT2D eigenvalue weighted by Gasteiger charge is -2.13. The molecule has 4 rings (SSSR count). The molecule has 4 nitrogen and oxygen atoms in total. The quantitative estimate of drug-likeness (QED) is 0.219. The third-order valence-corrected chi connectivity index (χ3v) is 5.84. The highest BCUT2D eigenvalue weighted by molar-refractivity contribution is 5.72. The maximum Gasteiger partial charge on any atom is 0.0317 e. The van der Waals surface area contributed by atoms with E-state index in [1.54, 1.807) is 0 Å². The fraction of sp³-hybridized carbons (Fsp3) is 0.143. The molecule has 0 saturated heterocycles. The third-order valence-electron chi connectivity index (χ3n) is 5.84. The van der Waals surface area contributed by atoms with Gasteiger partial charge >= 0.3 is 0 Å². The summed E-state index contributed by atoms with van der Waals surface area (Å²) in [6.45, 7) is 0. The first kappa shape index (κ1) is 21.3. The first-order chi connectivity index (χ1) is 15.5. The van der Waals surface area contributed by atoms with Crippen LogP contribution in [-0.4, -0.2) is 0 Å². The van der Waals surface area contributed by atoms with Crippen molar-refractivity contribution in [3.05, 3.63) is 96.1 Å². The van der Waals surface area contributed by atoms with Crippen molar-refractivity contribution in [2.24, 2.45) is 0 Å². The molecule has 32 heavy (non-hydrogen) atoms. The summed E-state index contributed by atoms with van der Waals surface area (Å²) in [6.07, 6.45) is 4.04. The van der Waals surface area contributed by atoms with Crippen LogP contribution in [0.1, 0.15) is 24.0 Å². The molecule has 0 radical (unpaired) electrons. The Morgan fingerprint density at radius 2 is 0.750 bits per heavy atom. The van der Waals surface area contributed by atoms with Gasteiger partial charge in [-0.25, -0.2) is 0 Å². The van der Waals surface area contributed by atoms with Gasteiger partial charge in [-0.05, 0) is 108 Å². The van der Waals surface area contributed by atoms with Crippen LogP contribution < -0.4 is 22.9 Å². The largest absolute Gasteiger partial charge is 0.399 e. The van der Waals surface area contributed by atoms with Crippen LogP contribution in [0.5, 0.6) is 0 Å². The predicted octanol–water partition coefficient (Wildman–Crippen LogP) is 5.91. The molecule has 4 heteroatoms. The van der Waals surface area contributed by atoms with Gasteiger partial charge in [0.15, 0.2) is 0 Å². The minimum absolute atomic E-state index is 0.768. The molecule has 0 saturated carbocycles. The number of aryl methyl sites for hydroxylation is 2. The van der Waals surface area contributed by atoms with Gasteiger partial charge < -0.3 is 22.9 Å². The number of unbranched alkanes of at least 4 members (excludes halogenated alkanes) is 1. The van der Waals surface area contributed by atoms with E-state index in [0.29, 0.717) is 0 Å². The zero-order chi connectivity index (χ0) is 22.5. The van der Waals surface area contributed by atoms with Gasteiger partial charge in [0.1, 0.15) is 0 Å². The maximum absolute atomic E-state index is 6.09. The van der Waals surface area contributed by atoms with Crippen molar-refractivity contribution in [3.8, 4) is 22.3 Å². The highest BCUT2D eigenvalue weighted by Gasteiger charge is 2.09. The monoisotopic (exact) mass is 422 g/mol. The third kappa shape index (κ3) is 5.03. The number of hydrogen-bond donors (Lipinski definition) is 4. The molecule has 0 aliphatic heterocycles. The van der Waals surface area contributed by atoms with Crippen LogP contribution in [0.3, 0.4) is 0 Å². The molecule has 0 aromatic heterocycles. The summed E-state index contributed by atoms with van der Waals surface area (Å²) in [5.74, 6) is 0. The standard InChI is InChI=1S/C28H30N4/c29-23-9-5-19(6-10-23)27-15-13-25(31)17-21(27)3-1-2-4-22-18-26(32)14-16-28(22)20-7-11-24(30)12-8-20/h5-18H,1-4,29-32H2. The topological polar surface area (TPSA) is 104 Å². The average Bonchev–Trinajstić information content (AvgIpc) is 2.78. The highest BCUT2D eigenvalue weighted by atomic mass is 14.6. The Balaban J connectivity index is 1.47. The van der Waals surface area contributed by atoms with Crippen molar-refractivity contribution >= 4 is 22.7 Å². The van der Waals surface area contributed by atoms with E-state index in [2.05, 4.69) is 48.5 Å². The zero-order valence-corrected chi connectivity index (χ0v) is 18.2. The van der Waals surface area contributed by atoms with Gasteiger partial charge in [0.25, 0.3) is 0 Å². The van der Waals surface area contributed by atoms with Gasteiger partial charge in [0, 0.05) is 22.7 Å². The SMILES string of the molecule is Nc1ccc(-c2ccc(N)cc2CCCCc2cc(N)ccc2-c2ccc(N)cc2)cc1. The minimum Gasteiger partial charge on any atom is -0.399 e. The molecule has 0 bridgehead atoms. The maximum atomic E-state index is 6.09. The lowest BCUT2D eigenvalue weighted by atomic mass is 9.92. The van der Waals surface area contributed by atoms with Gasteiger partial charge in [0.2, 0.25) is 0 Å². The van der Waals surface area contributed by atoms with Crippen LogP contribution in [0.2, 0.25) is 0 Å². The summed E-state index contributed by atoms with van der Waals surface area (Å²) in [6, 6.07) is 28.3. The molecular formula is C28H30N4. The number of benzene rings is 4. The van der Waals surface area contributed by atoms with Gasteiger partial charge in [-0.15, -0.1) is 0 Å². The molecule has 0 fully saturated rings. The van der Waals surface area contributed by atoms with Crippen LogP contribution >= 0.6 is 0 Å². The Morgan fingerprint density at radius 1 is 0.406 bits per heavy atom. The molecule has 0 spiro atoms. The predicted molar refractivity (Wildman–Crippen MR) is 138 cm³/mol. The van der Waals surface area contributed by atoms with E-state index in [9.17, 15) is 0 Å². The van der Waals surface area contributed by atoms with E-state index >= 15 is 0 Å². The lowest BCUT2D eigenvalue weighted by Crippen LogP contribution is -1.97. The molecule has 0 atom stereocenters. The van der Waals surface area contributed by atoms with Crippen molar-refractivity contribution in [3.63, 3.8) is 0 Å². The Morgan fingerprint density at radius 3 is 1.12 bits per heavy atom. The van der Waals surface area contributed by atoms with Crippen LogP contribution in [0.4, 0.5) is 22.7 Å². The Kier molecular flexibility index (Phi) is 6.31. The lowest BCUT2D eigenvalue weighted by molar-refractivity contribution is 0.736. The number of nitrogen functional groups attached to an aromatic ring is 4. The Bertz CT molecular complexity index is 1100. The molecular weight excluding hydrogens is 392 g/mol. The van der Waals surface area contributed by atoms with E-state index in [-0.39, 0.29) is 0 Å². The second-order valence-electron chi connectivity index (χ2n) is 8.28. The number of hydrogen-bond acceptors (Lipinski definition) is 4. The molecule has 8 N–H and O–H groups in total. The number of nitrogens with two attached hydrogens (primary N) is 4. The number of anilines is 4. The molecule has 4 aromatic carbocycles. The minimum atomic E-state index is 0.768. The van der Waals surface area contributed by atoms with Gasteiger partial charge in [-0.3, -0.25) is 0 Å².